The van der Waals surface area contributed by atoms with Gasteiger partial charge in [0.2, 0.25) is 0 Å². The third-order valence-electron chi connectivity index (χ3n) is 3.62. The highest BCUT2D eigenvalue weighted by atomic mass is 35.5. The Kier molecular flexibility index (Phi) is 6.79. The molecule has 0 aliphatic heterocycles. The Morgan fingerprint density at radius 3 is 2.58 bits per heavy atom. The summed E-state index contributed by atoms with van der Waals surface area (Å²) in [5.74, 6) is -0.00982. The molecule has 0 radical (unpaired) electrons. The van der Waals surface area contributed by atoms with Crippen molar-refractivity contribution in [1.82, 2.24) is 0 Å². The summed E-state index contributed by atoms with van der Waals surface area (Å²) in [4.78, 5) is 23.5. The molecule has 0 heterocycles. The maximum Gasteiger partial charge on any atom is 0.279 e. The first kappa shape index (κ1) is 20.0. The van der Waals surface area contributed by atoms with Gasteiger partial charge >= 0.3 is 0 Å². The van der Waals surface area contributed by atoms with Crippen LogP contribution in [0.25, 0.3) is 0 Å². The van der Waals surface area contributed by atoms with E-state index in [4.69, 9.17) is 27.9 Å². The first-order valence-corrected chi connectivity index (χ1v) is 8.43. The highest BCUT2D eigenvalue weighted by molar-refractivity contribution is 6.42. The minimum absolute atomic E-state index is 0.109. The number of nitro benzene ring substituents is 1. The Bertz CT molecular complexity index is 830. The van der Waals surface area contributed by atoms with Crippen LogP contribution >= 0.6 is 23.2 Å². The highest BCUT2D eigenvalue weighted by Crippen LogP contribution is 2.28. The predicted molar refractivity (Wildman–Crippen MR) is 100 cm³/mol. The number of likely N-dealkylation sites (N-methyl/N-ethyl adjacent to an activating group) is 1. The predicted octanol–water partition coefficient (Wildman–Crippen LogP) is 2.56. The number of carbonyl (C=O) groups excluding carboxylic acids is 1. The lowest BCUT2D eigenvalue weighted by molar-refractivity contribution is -0.885. The summed E-state index contributed by atoms with van der Waals surface area (Å²) >= 11 is 11.9. The first-order chi connectivity index (χ1) is 12.3. The molecule has 1 amide bonds. The van der Waals surface area contributed by atoms with Gasteiger partial charge in [0.05, 0.1) is 40.9 Å². The van der Waals surface area contributed by atoms with E-state index in [1.165, 1.54) is 25.3 Å². The number of halogens is 2. The third kappa shape index (κ3) is 5.32. The molecule has 2 N–H and O–H groups in total. The number of methoxy groups -OCH3 is 1. The molecule has 0 bridgehead atoms. The molecule has 0 saturated heterocycles. The number of nitrogens with zero attached hydrogens (tertiary/aromatic N) is 1. The summed E-state index contributed by atoms with van der Waals surface area (Å²) < 4.78 is 5.11. The van der Waals surface area contributed by atoms with E-state index in [-0.39, 0.29) is 23.9 Å². The minimum Gasteiger partial charge on any atom is -0.494 e. The second-order valence-electron chi connectivity index (χ2n) is 5.75. The Morgan fingerprint density at radius 2 is 1.96 bits per heavy atom. The molecule has 2 aromatic carbocycles. The molecule has 0 aromatic heterocycles. The van der Waals surface area contributed by atoms with Crippen LogP contribution in [0.4, 0.5) is 11.4 Å². The van der Waals surface area contributed by atoms with Crippen LogP contribution in [-0.2, 0) is 11.3 Å². The number of nitro groups is 1. The lowest BCUT2D eigenvalue weighted by Gasteiger charge is -2.15. The van der Waals surface area contributed by atoms with Gasteiger partial charge in [-0.15, -0.1) is 0 Å². The topological polar surface area (TPSA) is 85.9 Å². The molecule has 0 aliphatic carbocycles. The van der Waals surface area contributed by atoms with Crippen LogP contribution in [0.2, 0.25) is 10.0 Å². The van der Waals surface area contributed by atoms with Crippen LogP contribution in [0.1, 0.15) is 5.56 Å². The molecule has 1 atom stereocenters. The Morgan fingerprint density at radius 1 is 1.23 bits per heavy atom. The summed E-state index contributed by atoms with van der Waals surface area (Å²) in [6.45, 7) is 0.780. The maximum atomic E-state index is 12.3. The fourth-order valence-electron chi connectivity index (χ4n) is 2.43. The molecule has 0 spiro atoms. The zero-order valence-electron chi connectivity index (χ0n) is 14.2. The second kappa shape index (κ2) is 8.84. The van der Waals surface area contributed by atoms with Gasteiger partial charge in [-0.2, -0.15) is 0 Å². The zero-order valence-corrected chi connectivity index (χ0v) is 15.7. The first-order valence-electron chi connectivity index (χ1n) is 7.67. The van der Waals surface area contributed by atoms with Crippen molar-refractivity contribution < 1.29 is 19.4 Å². The van der Waals surface area contributed by atoms with Crippen LogP contribution in [0.5, 0.6) is 5.75 Å². The molecule has 7 nitrogen and oxygen atoms in total. The van der Waals surface area contributed by atoms with Gasteiger partial charge in [-0.25, -0.2) is 0 Å². The van der Waals surface area contributed by atoms with E-state index in [9.17, 15) is 14.9 Å². The Balaban J connectivity index is 1.99. The van der Waals surface area contributed by atoms with Crippen molar-refractivity contribution >= 4 is 40.5 Å². The smallest absolute Gasteiger partial charge is 0.279 e. The molecule has 9 heteroatoms. The molecule has 0 fully saturated rings. The largest absolute Gasteiger partial charge is 0.494 e. The zero-order chi connectivity index (χ0) is 19.3. The van der Waals surface area contributed by atoms with Crippen molar-refractivity contribution in [3.05, 3.63) is 62.1 Å². The number of non-ortho nitro benzene ring substituents is 1. The molecular formula is C17H18Cl2N3O4+. The van der Waals surface area contributed by atoms with E-state index >= 15 is 0 Å². The number of hydrogen-bond donors (Lipinski definition) is 2. The number of benzene rings is 2. The number of ether oxygens (including phenoxy) is 1. The average Bonchev–Trinajstić information content (AvgIpc) is 2.58. The van der Waals surface area contributed by atoms with Crippen LogP contribution in [-0.4, -0.2) is 31.5 Å². The Labute approximate surface area is 160 Å². The van der Waals surface area contributed by atoms with Crippen molar-refractivity contribution in [3.8, 4) is 5.75 Å². The minimum atomic E-state index is -0.525. The molecule has 0 saturated carbocycles. The average molecular weight is 399 g/mol. The number of carbonyl (C=O) groups is 1. The summed E-state index contributed by atoms with van der Waals surface area (Å²) in [6.07, 6.45) is 0. The van der Waals surface area contributed by atoms with Gasteiger partial charge in [-0.1, -0.05) is 29.3 Å². The van der Waals surface area contributed by atoms with Crippen molar-refractivity contribution in [2.45, 2.75) is 6.54 Å². The van der Waals surface area contributed by atoms with E-state index < -0.39 is 4.92 Å². The quantitative estimate of drug-likeness (QED) is 0.554. The normalized spacial score (nSPS) is 11.7. The van der Waals surface area contributed by atoms with Gasteiger partial charge in [-0.05, 0) is 18.2 Å². The van der Waals surface area contributed by atoms with Crippen molar-refractivity contribution in [2.24, 2.45) is 0 Å². The lowest BCUT2D eigenvalue weighted by Crippen LogP contribution is -3.08. The number of rotatable bonds is 7. The summed E-state index contributed by atoms with van der Waals surface area (Å²) in [5.41, 5.74) is 1.23. The van der Waals surface area contributed by atoms with Crippen LogP contribution in [0.3, 0.4) is 0 Å². The Hall–Kier alpha value is -2.35. The standard InChI is InChI=1S/C17H17Cl2N3O4/c1-21(9-11-3-5-13(18)14(19)7-11)10-17(23)20-15-6-4-12(22(24)25)8-16(15)26-2/h3-8H,9-10H2,1-2H3,(H,20,23)/p+1. The highest BCUT2D eigenvalue weighted by Gasteiger charge is 2.16. The van der Waals surface area contributed by atoms with E-state index in [2.05, 4.69) is 5.32 Å². The van der Waals surface area contributed by atoms with E-state index in [0.29, 0.717) is 22.3 Å². The number of hydrogen-bond acceptors (Lipinski definition) is 4. The van der Waals surface area contributed by atoms with Gasteiger partial charge in [-0.3, -0.25) is 14.9 Å². The van der Waals surface area contributed by atoms with Crippen molar-refractivity contribution in [2.75, 3.05) is 26.0 Å². The number of amides is 1. The molecule has 0 aliphatic rings. The molecule has 2 rings (SSSR count). The van der Waals surface area contributed by atoms with Gasteiger partial charge in [0.15, 0.2) is 6.54 Å². The molecule has 138 valence electrons. The van der Waals surface area contributed by atoms with Gasteiger partial charge in [0.1, 0.15) is 12.3 Å². The van der Waals surface area contributed by atoms with Gasteiger partial charge in [0, 0.05) is 11.6 Å². The number of anilines is 1. The maximum absolute atomic E-state index is 12.3. The van der Waals surface area contributed by atoms with Crippen LogP contribution in [0.15, 0.2) is 36.4 Å². The van der Waals surface area contributed by atoms with Crippen molar-refractivity contribution in [1.29, 1.82) is 0 Å². The summed E-state index contributed by atoms with van der Waals surface area (Å²) in [7, 11) is 3.26. The fourth-order valence-corrected chi connectivity index (χ4v) is 2.75. The summed E-state index contributed by atoms with van der Waals surface area (Å²) in [5, 5.41) is 14.5. The van der Waals surface area contributed by atoms with E-state index in [1.54, 1.807) is 12.1 Å². The monoisotopic (exact) mass is 398 g/mol. The van der Waals surface area contributed by atoms with Crippen LogP contribution in [0, 0.1) is 10.1 Å². The number of nitrogens with one attached hydrogen (secondary N) is 2. The fraction of sp³-hybridized carbons (Fsp3) is 0.235. The van der Waals surface area contributed by atoms with Gasteiger partial charge < -0.3 is 15.0 Å². The lowest BCUT2D eigenvalue weighted by atomic mass is 10.2. The van der Waals surface area contributed by atoms with Gasteiger partial charge in [0.25, 0.3) is 11.6 Å². The molecule has 2 aromatic rings. The summed E-state index contributed by atoms with van der Waals surface area (Å²) in [6, 6.07) is 9.36. The molecule has 1 unspecified atom stereocenters. The van der Waals surface area contributed by atoms with Crippen molar-refractivity contribution in [3.63, 3.8) is 0 Å². The molecule has 26 heavy (non-hydrogen) atoms. The molecular weight excluding hydrogens is 381 g/mol. The second-order valence-corrected chi connectivity index (χ2v) is 6.56. The van der Waals surface area contributed by atoms with Crippen LogP contribution < -0.4 is 15.0 Å². The number of quaternary nitrogens is 1. The van der Waals surface area contributed by atoms with E-state index in [0.717, 1.165) is 10.5 Å². The SMILES string of the molecule is COc1cc([N+](=O)[O-])ccc1NC(=O)C[NH+](C)Cc1ccc(Cl)c(Cl)c1. The van der Waals surface area contributed by atoms with E-state index in [1.807, 2.05) is 13.1 Å². The third-order valence-corrected chi connectivity index (χ3v) is 4.36.